The highest BCUT2D eigenvalue weighted by molar-refractivity contribution is 5.88. The van der Waals surface area contributed by atoms with Gasteiger partial charge >= 0.3 is 5.97 Å². The van der Waals surface area contributed by atoms with Gasteiger partial charge < -0.3 is 4.74 Å². The zero-order valence-corrected chi connectivity index (χ0v) is 11.0. The second-order valence-corrected chi connectivity index (χ2v) is 2.25. The maximum atomic E-state index is 12.6. The van der Waals surface area contributed by atoms with Gasteiger partial charge in [-0.05, 0) is 18.2 Å². The Morgan fingerprint density at radius 1 is 1.24 bits per heavy atom. The highest BCUT2D eigenvalue weighted by Crippen LogP contribution is 2.00. The molecule has 0 aliphatic carbocycles. The fraction of sp³-hybridized carbons (Fsp3) is 0.357. The van der Waals surface area contributed by atoms with Crippen molar-refractivity contribution in [3.8, 4) is 11.8 Å². The highest BCUT2D eigenvalue weighted by atomic mass is 19.1. The summed E-state index contributed by atoms with van der Waals surface area (Å²) in [7, 11) is 1.24. The molecular weight excluding hydrogens is 219 g/mol. The first-order chi connectivity index (χ1) is 8.22. The lowest BCUT2D eigenvalue weighted by atomic mass is 10.2. The molecule has 1 rings (SSSR count). The Labute approximate surface area is 103 Å². The van der Waals surface area contributed by atoms with Crippen LogP contribution in [0.25, 0.3) is 0 Å². The first kappa shape index (κ1) is 17.6. The van der Waals surface area contributed by atoms with Crippen molar-refractivity contribution in [2.45, 2.75) is 27.7 Å². The van der Waals surface area contributed by atoms with Gasteiger partial charge in [0.2, 0.25) is 0 Å². The second-order valence-electron chi connectivity index (χ2n) is 2.25. The lowest BCUT2D eigenvalue weighted by Gasteiger charge is -1.89. The zero-order valence-electron chi connectivity index (χ0n) is 11.0. The SMILES string of the molecule is CC.CC.COC(=O)C#Cc1cccc(F)c1. The van der Waals surface area contributed by atoms with Crippen molar-refractivity contribution >= 4 is 5.97 Å². The van der Waals surface area contributed by atoms with Gasteiger partial charge in [0.1, 0.15) is 5.82 Å². The molecule has 0 bridgehead atoms. The van der Waals surface area contributed by atoms with E-state index >= 15 is 0 Å². The van der Waals surface area contributed by atoms with Crippen molar-refractivity contribution in [1.29, 1.82) is 0 Å². The zero-order chi connectivity index (χ0) is 13.7. The van der Waals surface area contributed by atoms with Crippen LogP contribution < -0.4 is 0 Å². The van der Waals surface area contributed by atoms with Crippen molar-refractivity contribution in [3.63, 3.8) is 0 Å². The van der Waals surface area contributed by atoms with Gasteiger partial charge in [0, 0.05) is 11.5 Å². The van der Waals surface area contributed by atoms with E-state index < -0.39 is 5.97 Å². The minimum atomic E-state index is -0.635. The number of carbonyl (C=O) groups excluding carboxylic acids is 1. The summed E-state index contributed by atoms with van der Waals surface area (Å²) in [6, 6.07) is 5.69. The van der Waals surface area contributed by atoms with E-state index in [-0.39, 0.29) is 5.82 Å². The molecule has 0 saturated heterocycles. The molecule has 0 N–H and O–H groups in total. The third-order valence-electron chi connectivity index (χ3n) is 1.32. The number of carbonyl (C=O) groups is 1. The Morgan fingerprint density at radius 3 is 2.29 bits per heavy atom. The Morgan fingerprint density at radius 2 is 1.82 bits per heavy atom. The van der Waals surface area contributed by atoms with Crippen LogP contribution in [-0.2, 0) is 9.53 Å². The van der Waals surface area contributed by atoms with E-state index in [0.29, 0.717) is 5.56 Å². The summed E-state index contributed by atoms with van der Waals surface area (Å²) in [4.78, 5) is 10.6. The van der Waals surface area contributed by atoms with Crippen molar-refractivity contribution in [2.24, 2.45) is 0 Å². The maximum absolute atomic E-state index is 12.6. The highest BCUT2D eigenvalue weighted by Gasteiger charge is 1.92. The van der Waals surface area contributed by atoms with Crippen molar-refractivity contribution in [3.05, 3.63) is 35.6 Å². The Balaban J connectivity index is 0. The molecule has 0 radical (unpaired) electrons. The predicted molar refractivity (Wildman–Crippen MR) is 68.0 cm³/mol. The number of methoxy groups -OCH3 is 1. The number of benzene rings is 1. The molecule has 0 unspecified atom stereocenters. The van der Waals surface area contributed by atoms with Crippen LogP contribution in [0.15, 0.2) is 24.3 Å². The van der Waals surface area contributed by atoms with Crippen molar-refractivity contribution in [1.82, 2.24) is 0 Å². The van der Waals surface area contributed by atoms with Gasteiger partial charge in [0.25, 0.3) is 0 Å². The molecular formula is C14H19FO2. The molecule has 0 atom stereocenters. The van der Waals surface area contributed by atoms with Gasteiger partial charge in [0.05, 0.1) is 7.11 Å². The van der Waals surface area contributed by atoms with Crippen LogP contribution in [0.3, 0.4) is 0 Å². The molecule has 0 saturated carbocycles. The maximum Gasteiger partial charge on any atom is 0.384 e. The smallest absolute Gasteiger partial charge is 0.384 e. The normalized spacial score (nSPS) is 7.18. The van der Waals surface area contributed by atoms with E-state index in [0.717, 1.165) is 0 Å². The molecule has 1 aromatic rings. The predicted octanol–water partition coefficient (Wildman–Crippen LogP) is 3.40. The summed E-state index contributed by atoms with van der Waals surface area (Å²) in [5.41, 5.74) is 0.449. The van der Waals surface area contributed by atoms with Gasteiger partial charge in [-0.3, -0.25) is 0 Å². The molecule has 2 nitrogen and oxygen atoms in total. The molecule has 0 amide bonds. The van der Waals surface area contributed by atoms with Gasteiger partial charge in [-0.15, -0.1) is 0 Å². The van der Waals surface area contributed by atoms with Crippen molar-refractivity contribution in [2.75, 3.05) is 7.11 Å². The van der Waals surface area contributed by atoms with Crippen LogP contribution in [0.5, 0.6) is 0 Å². The number of halogens is 1. The van der Waals surface area contributed by atoms with Gasteiger partial charge in [0.15, 0.2) is 0 Å². The van der Waals surface area contributed by atoms with E-state index in [4.69, 9.17) is 0 Å². The Hall–Kier alpha value is -1.82. The molecule has 0 aliphatic heterocycles. The van der Waals surface area contributed by atoms with Crippen LogP contribution in [0.1, 0.15) is 33.3 Å². The molecule has 94 valence electrons. The fourth-order valence-electron chi connectivity index (χ4n) is 0.740. The number of ether oxygens (including phenoxy) is 1. The van der Waals surface area contributed by atoms with Crippen LogP contribution >= 0.6 is 0 Å². The number of esters is 1. The summed E-state index contributed by atoms with van der Waals surface area (Å²) in [5.74, 6) is 3.66. The molecule has 0 spiro atoms. The third-order valence-corrected chi connectivity index (χ3v) is 1.32. The van der Waals surface area contributed by atoms with Gasteiger partial charge in [-0.25, -0.2) is 9.18 Å². The first-order valence-electron chi connectivity index (χ1n) is 5.58. The molecule has 0 aromatic heterocycles. The third kappa shape index (κ3) is 9.13. The quantitative estimate of drug-likeness (QED) is 0.511. The molecule has 0 fully saturated rings. The van der Waals surface area contributed by atoms with Crippen molar-refractivity contribution < 1.29 is 13.9 Å². The molecule has 0 aliphatic rings. The largest absolute Gasteiger partial charge is 0.459 e. The van der Waals surface area contributed by atoms with E-state index in [2.05, 4.69) is 16.6 Å². The van der Waals surface area contributed by atoms with E-state index in [1.165, 1.54) is 25.3 Å². The second kappa shape index (κ2) is 12.3. The van der Waals surface area contributed by atoms with E-state index in [1.807, 2.05) is 27.7 Å². The number of hydrogen-bond donors (Lipinski definition) is 0. The molecule has 1 aromatic carbocycles. The van der Waals surface area contributed by atoms with Crippen LogP contribution in [-0.4, -0.2) is 13.1 Å². The number of rotatable bonds is 0. The monoisotopic (exact) mass is 238 g/mol. The average molecular weight is 238 g/mol. The Bertz CT molecular complexity index is 375. The topological polar surface area (TPSA) is 26.3 Å². The van der Waals surface area contributed by atoms with Gasteiger partial charge in [-0.2, -0.15) is 0 Å². The minimum absolute atomic E-state index is 0.378. The van der Waals surface area contributed by atoms with Crippen LogP contribution in [0, 0.1) is 17.7 Å². The lowest BCUT2D eigenvalue weighted by molar-refractivity contribution is -0.133. The molecule has 0 heterocycles. The summed E-state index contributed by atoms with van der Waals surface area (Å²) in [5, 5.41) is 0. The van der Waals surface area contributed by atoms with Gasteiger partial charge in [-0.1, -0.05) is 39.7 Å². The minimum Gasteiger partial charge on any atom is -0.459 e. The number of hydrogen-bond acceptors (Lipinski definition) is 2. The average Bonchev–Trinajstić information content (AvgIpc) is 2.40. The summed E-state index contributed by atoms with van der Waals surface area (Å²) >= 11 is 0. The van der Waals surface area contributed by atoms with Crippen LogP contribution in [0.4, 0.5) is 4.39 Å². The van der Waals surface area contributed by atoms with E-state index in [9.17, 15) is 9.18 Å². The standard InChI is InChI=1S/C10H7FO2.2C2H6/c1-13-10(12)6-5-8-3-2-4-9(11)7-8;2*1-2/h2-4,7H,1H3;2*1-2H3. The first-order valence-corrected chi connectivity index (χ1v) is 5.58. The molecule has 17 heavy (non-hydrogen) atoms. The van der Waals surface area contributed by atoms with E-state index in [1.54, 1.807) is 6.07 Å². The lowest BCUT2D eigenvalue weighted by Crippen LogP contribution is -1.94. The summed E-state index contributed by atoms with van der Waals surface area (Å²) in [6.07, 6.45) is 0. The fourth-order valence-corrected chi connectivity index (χ4v) is 0.740. The summed E-state index contributed by atoms with van der Waals surface area (Å²) in [6.45, 7) is 8.00. The summed E-state index contributed by atoms with van der Waals surface area (Å²) < 4.78 is 16.9. The Kier molecular flexibility index (Phi) is 12.7. The van der Waals surface area contributed by atoms with Crippen LogP contribution in [0.2, 0.25) is 0 Å². The molecule has 3 heteroatoms.